The van der Waals surface area contributed by atoms with Gasteiger partial charge in [0.1, 0.15) is 5.75 Å². The second kappa shape index (κ2) is 7.59. The van der Waals surface area contributed by atoms with Gasteiger partial charge in [-0.1, -0.05) is 48.5 Å². The maximum Gasteiger partial charge on any atom is 0.120 e. The van der Waals surface area contributed by atoms with E-state index in [0.717, 1.165) is 29.0 Å². The third kappa shape index (κ3) is 4.43. The summed E-state index contributed by atoms with van der Waals surface area (Å²) < 4.78 is 6.06. The van der Waals surface area contributed by atoms with Crippen molar-refractivity contribution in [1.29, 1.82) is 0 Å². The normalized spacial score (nSPS) is 15.6. The molecule has 1 fully saturated rings. The number of hydrogen-bond acceptors (Lipinski definition) is 1. The van der Waals surface area contributed by atoms with Gasteiger partial charge >= 0.3 is 0 Å². The van der Waals surface area contributed by atoms with Crippen molar-refractivity contribution in [2.24, 2.45) is 5.92 Å². The SMILES string of the molecule is Cc1[c]c(-c2ccc(Cl)cc2Cl)cc(OCC2CCCCC2)c1. The minimum Gasteiger partial charge on any atom is -0.493 e. The lowest BCUT2D eigenvalue weighted by Gasteiger charge is -2.22. The van der Waals surface area contributed by atoms with Gasteiger partial charge in [0.25, 0.3) is 0 Å². The molecular weight excluding hydrogens is 327 g/mol. The summed E-state index contributed by atoms with van der Waals surface area (Å²) in [4.78, 5) is 0. The molecule has 0 aliphatic heterocycles. The largest absolute Gasteiger partial charge is 0.493 e. The van der Waals surface area contributed by atoms with E-state index < -0.39 is 0 Å². The van der Waals surface area contributed by atoms with E-state index in [1.807, 2.05) is 31.2 Å². The third-order valence-corrected chi connectivity index (χ3v) is 4.96. The standard InChI is InChI=1S/C20H21Cl2O/c1-14-9-16(19-8-7-17(21)12-20(19)22)11-18(10-14)23-13-15-5-3-2-4-6-15/h7-8,10-12,15H,2-6,13H2,1H3. The molecule has 0 spiro atoms. The van der Waals surface area contributed by atoms with E-state index in [1.54, 1.807) is 6.07 Å². The van der Waals surface area contributed by atoms with Gasteiger partial charge in [0.15, 0.2) is 0 Å². The van der Waals surface area contributed by atoms with E-state index in [4.69, 9.17) is 27.9 Å². The van der Waals surface area contributed by atoms with Crippen LogP contribution in [0.5, 0.6) is 5.75 Å². The van der Waals surface area contributed by atoms with Crippen molar-refractivity contribution < 1.29 is 4.74 Å². The highest BCUT2D eigenvalue weighted by Crippen LogP contribution is 2.33. The van der Waals surface area contributed by atoms with Gasteiger partial charge in [-0.2, -0.15) is 0 Å². The van der Waals surface area contributed by atoms with Crippen LogP contribution >= 0.6 is 23.2 Å². The molecular formula is C20H21Cl2O. The zero-order valence-corrected chi connectivity index (χ0v) is 14.9. The molecule has 0 atom stereocenters. The van der Waals surface area contributed by atoms with Gasteiger partial charge < -0.3 is 4.74 Å². The Morgan fingerprint density at radius 2 is 1.87 bits per heavy atom. The maximum absolute atomic E-state index is 6.32. The van der Waals surface area contributed by atoms with Gasteiger partial charge in [0.2, 0.25) is 0 Å². The summed E-state index contributed by atoms with van der Waals surface area (Å²) >= 11 is 12.3. The second-order valence-corrected chi connectivity index (χ2v) is 7.20. The minimum atomic E-state index is 0.637. The lowest BCUT2D eigenvalue weighted by molar-refractivity contribution is 0.209. The zero-order valence-electron chi connectivity index (χ0n) is 13.4. The summed E-state index contributed by atoms with van der Waals surface area (Å²) in [6.45, 7) is 2.83. The molecule has 0 aromatic heterocycles. The molecule has 3 rings (SSSR count). The highest BCUT2D eigenvalue weighted by atomic mass is 35.5. The molecule has 0 heterocycles. The number of rotatable bonds is 4. The van der Waals surface area contributed by atoms with E-state index in [2.05, 4.69) is 6.07 Å². The van der Waals surface area contributed by atoms with Crippen LogP contribution in [0.3, 0.4) is 0 Å². The molecule has 1 aliphatic carbocycles. The topological polar surface area (TPSA) is 9.23 Å². The Hall–Kier alpha value is -1.18. The van der Waals surface area contributed by atoms with Gasteiger partial charge in [0.05, 0.1) is 6.61 Å². The van der Waals surface area contributed by atoms with Gasteiger partial charge in [-0.25, -0.2) is 0 Å². The molecule has 0 amide bonds. The molecule has 2 aromatic carbocycles. The van der Waals surface area contributed by atoms with Crippen LogP contribution in [0.25, 0.3) is 11.1 Å². The van der Waals surface area contributed by atoms with Crippen LogP contribution in [0.4, 0.5) is 0 Å². The molecule has 2 aromatic rings. The lowest BCUT2D eigenvalue weighted by Crippen LogP contribution is -2.15. The van der Waals surface area contributed by atoms with Crippen LogP contribution < -0.4 is 4.74 Å². The summed E-state index contributed by atoms with van der Waals surface area (Å²) in [7, 11) is 0. The van der Waals surface area contributed by atoms with E-state index in [1.165, 1.54) is 32.1 Å². The van der Waals surface area contributed by atoms with E-state index in [-0.39, 0.29) is 0 Å². The van der Waals surface area contributed by atoms with Crippen molar-refractivity contribution in [3.05, 3.63) is 52.0 Å². The summed E-state index contributed by atoms with van der Waals surface area (Å²) in [6, 6.07) is 13.0. The Bertz CT molecular complexity index is 675. The smallest absolute Gasteiger partial charge is 0.120 e. The van der Waals surface area contributed by atoms with Crippen molar-refractivity contribution in [2.75, 3.05) is 6.61 Å². The van der Waals surface area contributed by atoms with Crippen molar-refractivity contribution in [2.45, 2.75) is 39.0 Å². The first-order chi connectivity index (χ1) is 11.1. The Balaban J connectivity index is 1.78. The van der Waals surface area contributed by atoms with E-state index >= 15 is 0 Å². The molecule has 0 N–H and O–H groups in total. The molecule has 0 saturated heterocycles. The van der Waals surface area contributed by atoms with Crippen LogP contribution in [0.1, 0.15) is 37.7 Å². The maximum atomic E-state index is 6.32. The highest BCUT2D eigenvalue weighted by molar-refractivity contribution is 6.36. The monoisotopic (exact) mass is 347 g/mol. The second-order valence-electron chi connectivity index (χ2n) is 6.35. The molecule has 1 aliphatic rings. The molecule has 1 nitrogen and oxygen atoms in total. The summed E-state index contributed by atoms with van der Waals surface area (Å²) in [6.07, 6.45) is 6.61. The molecule has 3 heteroatoms. The number of hydrogen-bond donors (Lipinski definition) is 0. The summed E-state index contributed by atoms with van der Waals surface area (Å²) in [5, 5.41) is 1.28. The molecule has 0 bridgehead atoms. The third-order valence-electron chi connectivity index (χ3n) is 4.41. The Morgan fingerprint density at radius 3 is 2.61 bits per heavy atom. The van der Waals surface area contributed by atoms with Gasteiger partial charge in [-0.15, -0.1) is 0 Å². The van der Waals surface area contributed by atoms with Crippen molar-refractivity contribution >= 4 is 23.2 Å². The van der Waals surface area contributed by atoms with E-state index in [0.29, 0.717) is 16.0 Å². The molecule has 23 heavy (non-hydrogen) atoms. The zero-order chi connectivity index (χ0) is 16.2. The number of aryl methyl sites for hydroxylation is 1. The summed E-state index contributed by atoms with van der Waals surface area (Å²) in [5.74, 6) is 1.59. The number of halogens is 2. The number of benzene rings is 2. The first-order valence-corrected chi connectivity index (χ1v) is 8.99. The fourth-order valence-corrected chi connectivity index (χ4v) is 3.70. The van der Waals surface area contributed by atoms with Crippen molar-refractivity contribution in [3.8, 4) is 16.9 Å². The van der Waals surface area contributed by atoms with Crippen LogP contribution in [0, 0.1) is 18.9 Å². The van der Waals surface area contributed by atoms with Crippen LogP contribution in [0.2, 0.25) is 10.0 Å². The fraction of sp³-hybridized carbons (Fsp3) is 0.400. The first-order valence-electron chi connectivity index (χ1n) is 8.24. The Labute approximate surface area is 148 Å². The van der Waals surface area contributed by atoms with Gasteiger partial charge in [-0.3, -0.25) is 0 Å². The molecule has 1 saturated carbocycles. The molecule has 0 unspecified atom stereocenters. The lowest BCUT2D eigenvalue weighted by atomic mass is 9.90. The number of ether oxygens (including phenoxy) is 1. The van der Waals surface area contributed by atoms with Gasteiger partial charge in [0, 0.05) is 15.6 Å². The predicted octanol–water partition coefficient (Wildman–Crippen LogP) is 6.73. The van der Waals surface area contributed by atoms with E-state index in [9.17, 15) is 0 Å². The average molecular weight is 348 g/mol. The fourth-order valence-electron chi connectivity index (χ4n) is 3.19. The quantitative estimate of drug-likeness (QED) is 0.595. The van der Waals surface area contributed by atoms with Crippen LogP contribution in [-0.2, 0) is 0 Å². The molecule has 1 radical (unpaired) electrons. The highest BCUT2D eigenvalue weighted by Gasteiger charge is 2.14. The average Bonchev–Trinajstić information content (AvgIpc) is 2.53. The van der Waals surface area contributed by atoms with Crippen LogP contribution in [-0.4, -0.2) is 6.61 Å². The minimum absolute atomic E-state index is 0.637. The Kier molecular flexibility index (Phi) is 5.50. The van der Waals surface area contributed by atoms with Crippen LogP contribution in [0.15, 0.2) is 30.3 Å². The molecule has 121 valence electrons. The van der Waals surface area contributed by atoms with Gasteiger partial charge in [-0.05, 0) is 67.1 Å². The van der Waals surface area contributed by atoms with Crippen molar-refractivity contribution in [1.82, 2.24) is 0 Å². The van der Waals surface area contributed by atoms with Crippen molar-refractivity contribution in [3.63, 3.8) is 0 Å². The Morgan fingerprint density at radius 1 is 1.09 bits per heavy atom. The predicted molar refractivity (Wildman–Crippen MR) is 97.5 cm³/mol. The summed E-state index contributed by atoms with van der Waals surface area (Å²) in [5.41, 5.74) is 2.93. The first kappa shape index (κ1) is 16.7.